The molecule has 0 amide bonds. The number of hydrogen-bond donors (Lipinski definition) is 4. The van der Waals surface area contributed by atoms with Gasteiger partial charge in [0.25, 0.3) is 6.47 Å². The van der Waals surface area contributed by atoms with Gasteiger partial charge in [-0.3, -0.25) is 9.36 Å². The molecule has 0 bridgehead atoms. The summed E-state index contributed by atoms with van der Waals surface area (Å²) >= 11 is 9.03. The molecule has 13 nitrogen and oxygen atoms in total. The van der Waals surface area contributed by atoms with E-state index in [0.717, 1.165) is 30.3 Å². The van der Waals surface area contributed by atoms with Crippen LogP contribution in [0.2, 0.25) is 0 Å². The molecule has 590 valence electrons. The molecule has 118 heavy (non-hydrogen) atoms. The zero-order valence-corrected chi connectivity index (χ0v) is 75.4. The molecule has 0 aromatic heterocycles. The Bertz CT molecular complexity index is 5570. The standard InChI is InChI=1S/C30H25N2O3P.2C18H13F2OP.C12H10ClOP.C6H3BrF2.C6H7NO.CH2O3.2K.H/c31-22-9-7-11-24(19-22)34-26-17-18-30(29(21-26)35-25-12-8-10-23(32)20-25)36(33,27-13-3-1-4-14-27)28-15-5-2-6-16-28;2*19-14-11-12-18(17(20)13-14)22(21,15-7-3-1-4-8-15)16-9-5-2-6-10-16;13-15(14,11-7-3-1-4-8-11)12-9-5-2-6-10-12;7-5-2-1-4(8)3-6(5)9;7-5-2-1-3-6(8)4-5;2-1-4-3;;;/h1-21H,31-32H2;2*1-13H;1-10H;1-3H;1-4,8H,7H2;1,3H;;;/q;;;;;;;2*+1;-1/p-1. The molecule has 0 unspecified atom stereocenters. The SMILES string of the molecule is Fc1ccc(Br)c(F)c1.Nc1cccc(O)c1.Nc1cccc(Oc2ccc(P(=O)(c3ccccc3)c3ccccc3)c(Oc3cccc(N)c3)c2)c1.O=CO[O-].O=P(Cl)(c1ccccc1)c1ccccc1.O=P(c1ccccc1)(c1ccccc1)c1ccc(F)cc1F.O=P(c1ccccc1)(c1ccccc1)c1ccc(F)cc1F.[H-].[K+].[K+]. The number of phenolic OH excluding ortho intramolecular Hbond substituents is 1. The van der Waals surface area contributed by atoms with Gasteiger partial charge in [-0.25, -0.2) is 26.3 Å². The number of phenols is 1. The number of carbonyl (C=O) groups is 1. The number of carbonyl (C=O) groups excluding carboxylic acids is 1. The van der Waals surface area contributed by atoms with Gasteiger partial charge in [-0.15, -0.1) is 0 Å². The van der Waals surface area contributed by atoms with Crippen LogP contribution in [0.15, 0.2) is 393 Å². The first-order valence-corrected chi connectivity index (χ1v) is 43.5. The second-order valence-electron chi connectivity index (χ2n) is 24.6. The van der Waals surface area contributed by atoms with Crippen LogP contribution in [0.3, 0.4) is 0 Å². The van der Waals surface area contributed by atoms with E-state index < -0.39 is 62.8 Å². The van der Waals surface area contributed by atoms with Crippen molar-refractivity contribution in [2.24, 2.45) is 0 Å². The van der Waals surface area contributed by atoms with E-state index in [1.807, 2.05) is 127 Å². The molecule has 15 aromatic carbocycles. The van der Waals surface area contributed by atoms with Gasteiger partial charge in [0, 0.05) is 102 Å². The van der Waals surface area contributed by atoms with Crippen LogP contribution in [0, 0.1) is 34.9 Å². The molecule has 15 aromatic rings. The Hall–Kier alpha value is -8.93. The molecule has 0 fully saturated rings. The Morgan fingerprint density at radius 2 is 0.602 bits per heavy atom. The maximum absolute atomic E-state index is 15.0. The number of benzene rings is 15. The topological polar surface area (TPSA) is 234 Å². The van der Waals surface area contributed by atoms with Gasteiger partial charge < -0.3 is 57.0 Å². The van der Waals surface area contributed by atoms with Gasteiger partial charge in [-0.05, 0) is 112 Å². The molecule has 0 saturated carbocycles. The van der Waals surface area contributed by atoms with Crippen LogP contribution in [0.25, 0.3) is 0 Å². The van der Waals surface area contributed by atoms with E-state index in [-0.39, 0.29) is 131 Å². The minimum atomic E-state index is -3.38. The third-order valence-electron chi connectivity index (χ3n) is 16.6. The number of halogens is 8. The van der Waals surface area contributed by atoms with Crippen LogP contribution >= 0.6 is 55.1 Å². The van der Waals surface area contributed by atoms with Crippen molar-refractivity contribution in [3.8, 4) is 28.7 Å². The number of ether oxygens (including phenoxy) is 2. The Labute approximate surface area is 779 Å². The Balaban J connectivity index is 0.000000232. The van der Waals surface area contributed by atoms with Crippen LogP contribution in [0.4, 0.5) is 43.4 Å². The number of aromatic hydroxyl groups is 1. The van der Waals surface area contributed by atoms with Crippen molar-refractivity contribution in [1.82, 2.24) is 0 Å². The Morgan fingerprint density at radius 3 is 0.881 bits per heavy atom. The van der Waals surface area contributed by atoms with Gasteiger partial charge in [0.2, 0.25) is 6.49 Å². The summed E-state index contributed by atoms with van der Waals surface area (Å²) in [5, 5.41) is 22.6. The molecule has 7 N–H and O–H groups in total. The van der Waals surface area contributed by atoms with Crippen molar-refractivity contribution in [2.75, 3.05) is 17.2 Å². The normalized spacial score (nSPS) is 10.6. The number of nitrogens with two attached hydrogens (primary N) is 3. The summed E-state index contributed by atoms with van der Waals surface area (Å²) < 4.78 is 147. The number of hydrogen-bond acceptors (Lipinski definition) is 13. The Kier molecular flexibility index (Phi) is 38.9. The summed E-state index contributed by atoms with van der Waals surface area (Å²) in [6.45, 7) is -3.11. The summed E-state index contributed by atoms with van der Waals surface area (Å²) in [5.74, 6) is -1.82. The molecule has 27 heteroatoms. The third-order valence-corrected chi connectivity index (χ3v) is 29.7. The molecule has 0 radical (unpaired) electrons. The first-order chi connectivity index (χ1) is 55.9. The summed E-state index contributed by atoms with van der Waals surface area (Å²) in [7, 11) is -10.1. The molecule has 0 heterocycles. The largest absolute Gasteiger partial charge is 1.00 e. The zero-order chi connectivity index (χ0) is 83.1. The fourth-order valence-corrected chi connectivity index (χ4v) is 21.7. The van der Waals surface area contributed by atoms with E-state index >= 15 is 4.57 Å². The van der Waals surface area contributed by atoms with Crippen molar-refractivity contribution < 1.29 is 178 Å². The maximum atomic E-state index is 15.0. The van der Waals surface area contributed by atoms with Crippen LogP contribution in [-0.4, -0.2) is 11.6 Å². The van der Waals surface area contributed by atoms with Crippen LogP contribution in [0.1, 0.15) is 1.43 Å². The van der Waals surface area contributed by atoms with E-state index in [0.29, 0.717) is 87.8 Å². The van der Waals surface area contributed by atoms with E-state index in [9.17, 15) is 40.0 Å². The Morgan fingerprint density at radius 1 is 0.331 bits per heavy atom. The van der Waals surface area contributed by atoms with Gasteiger partial charge in [0.1, 0.15) is 63.7 Å². The van der Waals surface area contributed by atoms with Gasteiger partial charge >= 0.3 is 103 Å². The van der Waals surface area contributed by atoms with E-state index in [4.69, 9.17) is 53.1 Å². The molecule has 0 aliphatic rings. The van der Waals surface area contributed by atoms with E-state index in [2.05, 4.69) is 20.8 Å². The van der Waals surface area contributed by atoms with Gasteiger partial charge in [0.05, 0.1) is 20.4 Å². The average molecular weight is 1800 g/mol. The fourth-order valence-electron chi connectivity index (χ4n) is 11.3. The van der Waals surface area contributed by atoms with Crippen molar-refractivity contribution >= 4 is 137 Å². The molecule has 0 aliphatic heterocycles. The van der Waals surface area contributed by atoms with Gasteiger partial charge in [-0.1, -0.05) is 261 Å². The summed E-state index contributed by atoms with van der Waals surface area (Å²) in [4.78, 5) is 11.2. The van der Waals surface area contributed by atoms with E-state index in [1.54, 1.807) is 200 Å². The molecule has 0 saturated heterocycles. The first kappa shape index (κ1) is 96.2. The molecular formula is C91H73BrClF6K2N3O10P4. The first-order valence-electron chi connectivity index (χ1n) is 34.9. The monoisotopic (exact) mass is 1800 g/mol. The van der Waals surface area contributed by atoms with Crippen LogP contribution in [-0.2, 0) is 27.9 Å². The van der Waals surface area contributed by atoms with Gasteiger partial charge in [-0.2, -0.15) is 0 Å². The quantitative estimate of drug-likeness (QED) is 0.0103. The predicted molar refractivity (Wildman–Crippen MR) is 460 cm³/mol. The molecule has 15 rings (SSSR count). The number of rotatable bonds is 16. The van der Waals surface area contributed by atoms with Crippen molar-refractivity contribution in [2.45, 2.75) is 0 Å². The number of anilines is 3. The number of nitrogen functional groups attached to an aromatic ring is 3. The van der Waals surface area contributed by atoms with Crippen LogP contribution in [0.5, 0.6) is 28.7 Å². The molecular weight excluding hydrogens is 1730 g/mol. The minimum Gasteiger partial charge on any atom is -1.00 e. The average Bonchev–Trinajstić information content (AvgIpc) is 0.761. The predicted octanol–water partition coefficient (Wildman–Crippen LogP) is 12.7. The van der Waals surface area contributed by atoms with E-state index in [1.165, 1.54) is 30.3 Å². The summed E-state index contributed by atoms with van der Waals surface area (Å²) in [5.41, 5.74) is 19.0. The van der Waals surface area contributed by atoms with Crippen molar-refractivity contribution in [1.29, 1.82) is 0 Å². The zero-order valence-electron chi connectivity index (χ0n) is 64.2. The second-order valence-corrected chi connectivity index (χ2v) is 37.1. The molecule has 0 spiro atoms. The summed E-state index contributed by atoms with van der Waals surface area (Å²) in [6.07, 6.45) is 0. The smallest absolute Gasteiger partial charge is 1.00 e. The van der Waals surface area contributed by atoms with Crippen molar-refractivity contribution in [3.05, 3.63) is 428 Å². The second kappa shape index (κ2) is 47.8. The minimum absolute atomic E-state index is 0. The molecule has 0 aliphatic carbocycles. The maximum Gasteiger partial charge on any atom is 1.00 e. The van der Waals surface area contributed by atoms with Crippen molar-refractivity contribution in [3.63, 3.8) is 0 Å². The van der Waals surface area contributed by atoms with Crippen LogP contribution < -0.4 is 193 Å². The third kappa shape index (κ3) is 26.8. The molecule has 0 atom stereocenters. The fraction of sp³-hybridized carbons (Fsp3) is 0. The van der Waals surface area contributed by atoms with Gasteiger partial charge in [0.15, 0.2) is 21.4 Å². The summed E-state index contributed by atoms with van der Waals surface area (Å²) in [6, 6.07) is 108.